The van der Waals surface area contributed by atoms with Gasteiger partial charge in [0.15, 0.2) is 0 Å². The van der Waals surface area contributed by atoms with Gasteiger partial charge in [0.1, 0.15) is 11.6 Å². The number of benzene rings is 2. The number of halogens is 2. The Morgan fingerprint density at radius 1 is 1.15 bits per heavy atom. The lowest BCUT2D eigenvalue weighted by molar-refractivity contribution is -0.131. The van der Waals surface area contributed by atoms with E-state index in [1.54, 1.807) is 0 Å². The van der Waals surface area contributed by atoms with Crippen molar-refractivity contribution in [3.05, 3.63) is 76.5 Å². The van der Waals surface area contributed by atoms with Crippen LogP contribution < -0.4 is 0 Å². The van der Waals surface area contributed by atoms with E-state index in [0.717, 1.165) is 54.0 Å². The number of fused-ring (bicyclic) bond motifs is 3. The molecule has 0 saturated heterocycles. The molecule has 0 bridgehead atoms. The van der Waals surface area contributed by atoms with Crippen molar-refractivity contribution in [2.75, 3.05) is 6.54 Å². The number of para-hydroxylation sites is 1. The number of carboxylic acid groups (broad SMARTS) is 1. The van der Waals surface area contributed by atoms with Crippen molar-refractivity contribution >= 4 is 22.9 Å². The Labute approximate surface area is 198 Å². The van der Waals surface area contributed by atoms with E-state index in [2.05, 4.69) is 22.9 Å². The molecule has 2 aromatic carbocycles. The van der Waals surface area contributed by atoms with Crippen LogP contribution in [0.3, 0.4) is 0 Å². The third-order valence-electron chi connectivity index (χ3n) is 7.50. The van der Waals surface area contributed by atoms with Gasteiger partial charge in [0, 0.05) is 40.8 Å². The number of rotatable bonds is 5. The van der Waals surface area contributed by atoms with Crippen LogP contribution in [0.1, 0.15) is 67.5 Å². The van der Waals surface area contributed by atoms with Gasteiger partial charge in [0.2, 0.25) is 0 Å². The highest BCUT2D eigenvalue weighted by atomic mass is 19.1. The summed E-state index contributed by atoms with van der Waals surface area (Å²) in [4.78, 5) is 16.6. The van der Waals surface area contributed by atoms with Gasteiger partial charge in [-0.1, -0.05) is 37.5 Å². The van der Waals surface area contributed by atoms with E-state index in [1.165, 1.54) is 37.5 Å². The molecule has 4 nitrogen and oxygen atoms in total. The number of hydrogen-bond donors (Lipinski definition) is 2. The molecule has 34 heavy (non-hydrogen) atoms. The van der Waals surface area contributed by atoms with Gasteiger partial charge in [-0.15, -0.1) is 0 Å². The van der Waals surface area contributed by atoms with Gasteiger partial charge in [-0.2, -0.15) is 0 Å². The van der Waals surface area contributed by atoms with Gasteiger partial charge >= 0.3 is 5.97 Å². The summed E-state index contributed by atoms with van der Waals surface area (Å²) in [7, 11) is 0. The first kappa shape index (κ1) is 22.8. The number of hydrogen-bond acceptors (Lipinski definition) is 2. The molecule has 0 unspecified atom stereocenters. The van der Waals surface area contributed by atoms with E-state index in [0.29, 0.717) is 5.92 Å². The quantitative estimate of drug-likeness (QED) is 0.426. The zero-order valence-electron chi connectivity index (χ0n) is 19.4. The molecule has 1 fully saturated rings. The van der Waals surface area contributed by atoms with E-state index in [-0.39, 0.29) is 17.2 Å². The van der Waals surface area contributed by atoms with Gasteiger partial charge in [0.05, 0.1) is 6.04 Å². The monoisotopic (exact) mass is 464 g/mol. The molecule has 1 aliphatic carbocycles. The molecule has 3 aromatic rings. The molecule has 2 heterocycles. The van der Waals surface area contributed by atoms with Crippen LogP contribution in [0.5, 0.6) is 0 Å². The Bertz CT molecular complexity index is 1220. The van der Waals surface area contributed by atoms with E-state index in [9.17, 15) is 4.79 Å². The second-order valence-corrected chi connectivity index (χ2v) is 9.79. The van der Waals surface area contributed by atoms with Crippen LogP contribution in [-0.2, 0) is 11.2 Å². The maximum absolute atomic E-state index is 15.6. The minimum atomic E-state index is -1.16. The molecule has 2 N–H and O–H groups in total. The molecule has 0 amide bonds. The fraction of sp³-hybridized carbons (Fsp3) is 0.393. The Morgan fingerprint density at radius 3 is 2.56 bits per heavy atom. The maximum atomic E-state index is 15.6. The van der Waals surface area contributed by atoms with Crippen molar-refractivity contribution in [2.24, 2.45) is 5.92 Å². The van der Waals surface area contributed by atoms with Crippen LogP contribution >= 0.6 is 0 Å². The molecule has 1 aliphatic heterocycles. The first-order chi connectivity index (χ1) is 16.4. The molecule has 178 valence electrons. The Hall–Kier alpha value is -2.99. The van der Waals surface area contributed by atoms with Crippen LogP contribution in [0.4, 0.5) is 8.78 Å². The van der Waals surface area contributed by atoms with Gasteiger partial charge in [-0.05, 0) is 67.5 Å². The van der Waals surface area contributed by atoms with E-state index in [1.807, 2.05) is 18.2 Å². The lowest BCUT2D eigenvalue weighted by Gasteiger charge is -2.43. The molecular weight excluding hydrogens is 434 g/mol. The van der Waals surface area contributed by atoms with Crippen molar-refractivity contribution < 1.29 is 18.7 Å². The second-order valence-electron chi connectivity index (χ2n) is 9.79. The molecule has 5 rings (SSSR count). The van der Waals surface area contributed by atoms with Crippen molar-refractivity contribution in [3.63, 3.8) is 0 Å². The predicted molar refractivity (Wildman–Crippen MR) is 130 cm³/mol. The molecule has 0 spiro atoms. The Balaban J connectivity index is 1.63. The van der Waals surface area contributed by atoms with Crippen LogP contribution in [-0.4, -0.2) is 33.5 Å². The molecule has 1 aromatic heterocycles. The van der Waals surface area contributed by atoms with Gasteiger partial charge in [-0.3, -0.25) is 4.90 Å². The fourth-order valence-electron chi connectivity index (χ4n) is 5.90. The predicted octanol–water partition coefficient (Wildman–Crippen LogP) is 6.46. The highest BCUT2D eigenvalue weighted by molar-refractivity contribution is 5.86. The number of carboxylic acids is 1. The van der Waals surface area contributed by atoms with Crippen LogP contribution in [0.25, 0.3) is 17.0 Å². The highest BCUT2D eigenvalue weighted by Crippen LogP contribution is 2.43. The average Bonchev–Trinajstić information content (AvgIpc) is 3.18. The normalized spacial score (nSPS) is 21.9. The van der Waals surface area contributed by atoms with Crippen LogP contribution in [0.15, 0.2) is 42.5 Å². The minimum Gasteiger partial charge on any atom is -0.478 e. The minimum absolute atomic E-state index is 0.0302. The zero-order valence-corrected chi connectivity index (χ0v) is 19.4. The Kier molecular flexibility index (Phi) is 6.26. The fourth-order valence-corrected chi connectivity index (χ4v) is 5.90. The van der Waals surface area contributed by atoms with Gasteiger partial charge in [0.25, 0.3) is 0 Å². The smallest absolute Gasteiger partial charge is 0.328 e. The third kappa shape index (κ3) is 4.27. The maximum Gasteiger partial charge on any atom is 0.328 e. The van der Waals surface area contributed by atoms with Crippen molar-refractivity contribution in [1.82, 2.24) is 9.88 Å². The number of aromatic amines is 1. The summed E-state index contributed by atoms with van der Waals surface area (Å²) >= 11 is 0. The topological polar surface area (TPSA) is 56.3 Å². The lowest BCUT2D eigenvalue weighted by atomic mass is 9.84. The number of aliphatic carboxylic acids is 1. The van der Waals surface area contributed by atoms with Crippen molar-refractivity contribution in [1.29, 1.82) is 0 Å². The van der Waals surface area contributed by atoms with Crippen LogP contribution in [0.2, 0.25) is 0 Å². The summed E-state index contributed by atoms with van der Waals surface area (Å²) in [6, 6.07) is 10.1. The van der Waals surface area contributed by atoms with Crippen LogP contribution in [0, 0.1) is 17.6 Å². The summed E-state index contributed by atoms with van der Waals surface area (Å²) < 4.78 is 31.2. The summed E-state index contributed by atoms with van der Waals surface area (Å²) in [6.07, 6.45) is 8.92. The summed E-state index contributed by atoms with van der Waals surface area (Å²) in [6.45, 7) is 2.96. The van der Waals surface area contributed by atoms with E-state index < -0.39 is 23.6 Å². The summed E-state index contributed by atoms with van der Waals surface area (Å²) in [5.74, 6) is -1.94. The number of H-pyrrole nitrogens is 1. The van der Waals surface area contributed by atoms with Gasteiger partial charge in [-0.25, -0.2) is 13.6 Å². The van der Waals surface area contributed by atoms with E-state index >= 15 is 8.78 Å². The average molecular weight is 465 g/mol. The number of aromatic nitrogens is 1. The molecule has 1 saturated carbocycles. The largest absolute Gasteiger partial charge is 0.478 e. The molecule has 6 heteroatoms. The number of nitrogens with zero attached hydrogens (tertiary/aromatic N) is 1. The number of nitrogens with one attached hydrogen (secondary N) is 1. The van der Waals surface area contributed by atoms with E-state index in [4.69, 9.17) is 5.11 Å². The first-order valence-electron chi connectivity index (χ1n) is 12.2. The molecule has 2 atom stereocenters. The molecular formula is C28H30F2N2O2. The van der Waals surface area contributed by atoms with Crippen molar-refractivity contribution in [3.8, 4) is 0 Å². The SMILES string of the molecule is C[C@@H]1Cc2c([nH]c3ccccc23)[C@@H](c2c(F)cc(/C=C/C(=O)O)cc2F)N1CC1CCCCC1. The summed E-state index contributed by atoms with van der Waals surface area (Å²) in [5, 5.41) is 9.99. The van der Waals surface area contributed by atoms with Crippen molar-refractivity contribution in [2.45, 2.75) is 57.5 Å². The van der Waals surface area contributed by atoms with Gasteiger partial charge < -0.3 is 10.1 Å². The zero-order chi connectivity index (χ0) is 23.8. The Morgan fingerprint density at radius 2 is 1.85 bits per heavy atom. The highest BCUT2D eigenvalue weighted by Gasteiger charge is 2.39. The second kappa shape index (κ2) is 9.34. The lowest BCUT2D eigenvalue weighted by Crippen LogP contribution is -2.45. The molecule has 2 aliphatic rings. The molecule has 0 radical (unpaired) electrons. The number of carbonyl (C=O) groups is 1. The first-order valence-corrected chi connectivity index (χ1v) is 12.2. The third-order valence-corrected chi connectivity index (χ3v) is 7.50. The standard InChI is InChI=1S/C28H30F2N2O2/c1-17-13-21-20-9-5-6-10-24(20)31-27(21)28(32(17)16-18-7-3-2-4-8-18)26-22(29)14-19(15-23(26)30)11-12-25(33)34/h5-6,9-12,14-15,17-18,28,31H,2-4,7-8,13,16H2,1H3,(H,33,34)/b12-11+/t17-,28-/m1/s1. The summed E-state index contributed by atoms with van der Waals surface area (Å²) in [5.41, 5.74) is 3.19.